The van der Waals surface area contributed by atoms with Crippen LogP contribution >= 0.6 is 0 Å². The van der Waals surface area contributed by atoms with Crippen LogP contribution < -0.4 is 5.73 Å². The van der Waals surface area contributed by atoms with Gasteiger partial charge in [0, 0.05) is 18.1 Å². The minimum Gasteiger partial charge on any atom is -0.329 e. The average Bonchev–Trinajstić information content (AvgIpc) is 2.91. The maximum Gasteiger partial charge on any atom is 0.0335 e. The monoisotopic (exact) mass is 278 g/mol. The van der Waals surface area contributed by atoms with E-state index in [0.29, 0.717) is 5.54 Å². The van der Waals surface area contributed by atoms with Crippen molar-refractivity contribution in [3.8, 4) is 0 Å². The molecule has 1 heterocycles. The Morgan fingerprint density at radius 3 is 2.40 bits per heavy atom. The predicted octanol–water partition coefficient (Wildman–Crippen LogP) is 3.79. The van der Waals surface area contributed by atoms with Crippen molar-refractivity contribution in [3.05, 3.63) is 0 Å². The maximum absolute atomic E-state index is 6.32. The molecule has 1 aliphatic heterocycles. The second-order valence-corrected chi connectivity index (χ2v) is 8.10. The van der Waals surface area contributed by atoms with Crippen LogP contribution in [-0.4, -0.2) is 29.6 Å². The zero-order chi connectivity index (χ0) is 14.2. The third kappa shape index (κ3) is 2.54. The summed E-state index contributed by atoms with van der Waals surface area (Å²) in [6.45, 7) is 7.01. The number of nitrogens with zero attached hydrogens (tertiary/aromatic N) is 1. The van der Waals surface area contributed by atoms with E-state index in [0.717, 1.165) is 30.3 Å². The SMILES string of the molecule is CC(C)C1CCC(CN)(N2CCC3CCCCC32)CC1. The Hall–Kier alpha value is -0.0800. The smallest absolute Gasteiger partial charge is 0.0335 e. The van der Waals surface area contributed by atoms with Crippen molar-refractivity contribution < 1.29 is 0 Å². The van der Waals surface area contributed by atoms with E-state index in [9.17, 15) is 0 Å². The minimum atomic E-state index is 0.363. The van der Waals surface area contributed by atoms with E-state index in [2.05, 4.69) is 18.7 Å². The highest BCUT2D eigenvalue weighted by Gasteiger charge is 2.47. The number of hydrogen-bond donors (Lipinski definition) is 1. The Bertz CT molecular complexity index is 317. The topological polar surface area (TPSA) is 29.3 Å². The molecule has 0 amide bonds. The van der Waals surface area contributed by atoms with Gasteiger partial charge in [-0.2, -0.15) is 0 Å². The van der Waals surface area contributed by atoms with Gasteiger partial charge < -0.3 is 5.73 Å². The molecule has 0 aromatic heterocycles. The number of likely N-dealkylation sites (tertiary alicyclic amines) is 1. The van der Waals surface area contributed by atoms with Crippen LogP contribution in [0.5, 0.6) is 0 Å². The van der Waals surface area contributed by atoms with E-state index in [1.54, 1.807) is 0 Å². The number of hydrogen-bond acceptors (Lipinski definition) is 2. The zero-order valence-corrected chi connectivity index (χ0v) is 13.6. The van der Waals surface area contributed by atoms with Crippen LogP contribution in [0, 0.1) is 17.8 Å². The lowest BCUT2D eigenvalue weighted by Gasteiger charge is -2.50. The first-order chi connectivity index (χ1) is 9.66. The molecule has 2 N–H and O–H groups in total. The molecule has 3 rings (SSSR count). The van der Waals surface area contributed by atoms with Crippen molar-refractivity contribution >= 4 is 0 Å². The first-order valence-corrected chi connectivity index (χ1v) is 9.13. The standard InChI is InChI=1S/C18H34N2/c1-14(2)15-7-10-18(13-19,11-8-15)20-12-9-16-5-3-4-6-17(16)20/h14-17H,3-13,19H2,1-2H3. The maximum atomic E-state index is 6.32. The first kappa shape index (κ1) is 14.8. The van der Waals surface area contributed by atoms with Crippen molar-refractivity contribution in [1.29, 1.82) is 0 Å². The average molecular weight is 278 g/mol. The third-order valence-corrected chi connectivity index (χ3v) is 6.90. The van der Waals surface area contributed by atoms with E-state index in [1.165, 1.54) is 64.3 Å². The van der Waals surface area contributed by atoms with Gasteiger partial charge in [-0.1, -0.05) is 26.7 Å². The van der Waals surface area contributed by atoms with E-state index in [1.807, 2.05) is 0 Å². The van der Waals surface area contributed by atoms with E-state index >= 15 is 0 Å². The van der Waals surface area contributed by atoms with E-state index in [4.69, 9.17) is 5.73 Å². The van der Waals surface area contributed by atoms with Crippen LogP contribution in [0.3, 0.4) is 0 Å². The van der Waals surface area contributed by atoms with Gasteiger partial charge in [-0.15, -0.1) is 0 Å². The number of fused-ring (bicyclic) bond motifs is 1. The van der Waals surface area contributed by atoms with Crippen LogP contribution in [0.2, 0.25) is 0 Å². The van der Waals surface area contributed by atoms with Crippen molar-refractivity contribution in [2.75, 3.05) is 13.1 Å². The van der Waals surface area contributed by atoms with Gasteiger partial charge in [0.05, 0.1) is 0 Å². The molecule has 0 spiro atoms. The summed E-state index contributed by atoms with van der Waals surface area (Å²) in [5.74, 6) is 2.79. The second-order valence-electron chi connectivity index (χ2n) is 8.10. The van der Waals surface area contributed by atoms with Gasteiger partial charge >= 0.3 is 0 Å². The van der Waals surface area contributed by atoms with Gasteiger partial charge in [0.25, 0.3) is 0 Å². The van der Waals surface area contributed by atoms with Crippen LogP contribution in [0.1, 0.15) is 71.6 Å². The molecule has 0 aromatic rings. The minimum absolute atomic E-state index is 0.363. The fourth-order valence-corrected chi connectivity index (χ4v) is 5.45. The van der Waals surface area contributed by atoms with Gasteiger partial charge in [-0.05, 0) is 69.2 Å². The first-order valence-electron chi connectivity index (χ1n) is 9.13. The molecule has 2 nitrogen and oxygen atoms in total. The Balaban J connectivity index is 1.70. The Morgan fingerprint density at radius 1 is 1.05 bits per heavy atom. The summed E-state index contributed by atoms with van der Waals surface area (Å²) in [6.07, 6.45) is 12.8. The predicted molar refractivity (Wildman–Crippen MR) is 85.7 cm³/mol. The van der Waals surface area contributed by atoms with Crippen LogP contribution in [0.25, 0.3) is 0 Å². The fourth-order valence-electron chi connectivity index (χ4n) is 5.45. The quantitative estimate of drug-likeness (QED) is 0.851. The molecule has 2 aliphatic carbocycles. The molecule has 0 aromatic carbocycles. The summed E-state index contributed by atoms with van der Waals surface area (Å²) in [4.78, 5) is 2.90. The third-order valence-electron chi connectivity index (χ3n) is 6.90. The molecule has 2 atom stereocenters. The van der Waals surface area contributed by atoms with Gasteiger partial charge in [0.2, 0.25) is 0 Å². The van der Waals surface area contributed by atoms with Crippen molar-refractivity contribution in [2.24, 2.45) is 23.5 Å². The number of rotatable bonds is 3. The highest BCUT2D eigenvalue weighted by Crippen LogP contribution is 2.46. The molecule has 116 valence electrons. The molecule has 3 aliphatic rings. The summed E-state index contributed by atoms with van der Waals surface area (Å²) < 4.78 is 0. The lowest BCUT2D eigenvalue weighted by Crippen LogP contribution is -2.58. The Kier molecular flexibility index (Phi) is 4.42. The zero-order valence-electron chi connectivity index (χ0n) is 13.6. The lowest BCUT2D eigenvalue weighted by atomic mass is 9.71. The largest absolute Gasteiger partial charge is 0.329 e. The van der Waals surface area contributed by atoms with Gasteiger partial charge in [0.1, 0.15) is 0 Å². The highest BCUT2D eigenvalue weighted by molar-refractivity contribution is 5.03. The molecule has 2 unspecified atom stereocenters. The van der Waals surface area contributed by atoms with Crippen LogP contribution in [-0.2, 0) is 0 Å². The molecule has 20 heavy (non-hydrogen) atoms. The van der Waals surface area contributed by atoms with Crippen molar-refractivity contribution in [1.82, 2.24) is 4.90 Å². The molecular formula is C18H34N2. The normalized spacial score (nSPS) is 42.9. The van der Waals surface area contributed by atoms with Gasteiger partial charge in [-0.3, -0.25) is 4.90 Å². The number of nitrogens with two attached hydrogens (primary N) is 1. The van der Waals surface area contributed by atoms with Gasteiger partial charge in [-0.25, -0.2) is 0 Å². The Labute approximate surface area is 125 Å². The molecule has 1 saturated heterocycles. The van der Waals surface area contributed by atoms with Crippen molar-refractivity contribution in [3.63, 3.8) is 0 Å². The summed E-state index contributed by atoms with van der Waals surface area (Å²) >= 11 is 0. The van der Waals surface area contributed by atoms with E-state index < -0.39 is 0 Å². The molecular weight excluding hydrogens is 244 g/mol. The van der Waals surface area contributed by atoms with Crippen molar-refractivity contribution in [2.45, 2.75) is 83.2 Å². The lowest BCUT2D eigenvalue weighted by molar-refractivity contribution is 0.00948. The summed E-state index contributed by atoms with van der Waals surface area (Å²) in [5, 5.41) is 0. The Morgan fingerprint density at radius 2 is 1.75 bits per heavy atom. The van der Waals surface area contributed by atoms with E-state index in [-0.39, 0.29) is 0 Å². The molecule has 2 saturated carbocycles. The fraction of sp³-hybridized carbons (Fsp3) is 1.00. The molecule has 0 bridgehead atoms. The summed E-state index contributed by atoms with van der Waals surface area (Å²) in [6, 6.07) is 0.878. The van der Waals surface area contributed by atoms with Gasteiger partial charge in [0.15, 0.2) is 0 Å². The summed E-state index contributed by atoms with van der Waals surface area (Å²) in [5.41, 5.74) is 6.68. The summed E-state index contributed by atoms with van der Waals surface area (Å²) in [7, 11) is 0. The highest BCUT2D eigenvalue weighted by atomic mass is 15.3. The van der Waals surface area contributed by atoms with Crippen LogP contribution in [0.15, 0.2) is 0 Å². The molecule has 2 heteroatoms. The second kappa shape index (κ2) is 5.96. The van der Waals surface area contributed by atoms with Crippen LogP contribution in [0.4, 0.5) is 0 Å². The molecule has 0 radical (unpaired) electrons. The molecule has 3 fully saturated rings.